The Morgan fingerprint density at radius 3 is 2.81 bits per heavy atom. The van der Waals surface area contributed by atoms with Crippen molar-refractivity contribution in [3.8, 4) is 5.75 Å². The van der Waals surface area contributed by atoms with Crippen LogP contribution in [0.3, 0.4) is 0 Å². The first kappa shape index (κ1) is 15.1. The Morgan fingerprint density at radius 1 is 1.29 bits per heavy atom. The van der Waals surface area contributed by atoms with Gasteiger partial charge in [0.15, 0.2) is 12.3 Å². The van der Waals surface area contributed by atoms with Gasteiger partial charge in [0, 0.05) is 12.1 Å². The van der Waals surface area contributed by atoms with E-state index < -0.39 is 0 Å². The third kappa shape index (κ3) is 4.65. The number of carbonyl (C=O) groups excluding carboxylic acids is 1. The van der Waals surface area contributed by atoms with Crippen molar-refractivity contribution in [2.24, 2.45) is 0 Å². The van der Waals surface area contributed by atoms with Crippen molar-refractivity contribution < 1.29 is 18.8 Å². The van der Waals surface area contributed by atoms with Crippen molar-refractivity contribution >= 4 is 5.91 Å². The van der Waals surface area contributed by atoms with Crippen LogP contribution in [-0.4, -0.2) is 26.6 Å². The summed E-state index contributed by atoms with van der Waals surface area (Å²) in [5.74, 6) is 1.67. The van der Waals surface area contributed by atoms with Crippen LogP contribution in [0.1, 0.15) is 11.3 Å². The van der Waals surface area contributed by atoms with Gasteiger partial charge >= 0.3 is 0 Å². The van der Waals surface area contributed by atoms with E-state index >= 15 is 0 Å². The van der Waals surface area contributed by atoms with E-state index in [1.807, 2.05) is 43.4 Å². The second-order valence-corrected chi connectivity index (χ2v) is 4.98. The topological polar surface area (TPSA) is 55.9 Å². The van der Waals surface area contributed by atoms with Crippen LogP contribution in [0.25, 0.3) is 0 Å². The minimum Gasteiger partial charge on any atom is -0.496 e. The zero-order valence-electron chi connectivity index (χ0n) is 12.4. The normalized spacial score (nSPS) is 11.9. The van der Waals surface area contributed by atoms with E-state index in [1.54, 1.807) is 13.4 Å². The average Bonchev–Trinajstić information content (AvgIpc) is 2.98. The molecule has 21 heavy (non-hydrogen) atoms. The van der Waals surface area contributed by atoms with Crippen LogP contribution >= 0.6 is 0 Å². The van der Waals surface area contributed by atoms with Gasteiger partial charge in [0.05, 0.1) is 20.4 Å². The lowest BCUT2D eigenvalue weighted by molar-refractivity contribution is -0.886. The highest BCUT2D eigenvalue weighted by Gasteiger charge is 2.12. The van der Waals surface area contributed by atoms with E-state index in [0.29, 0.717) is 19.6 Å². The molecule has 0 fully saturated rings. The maximum Gasteiger partial charge on any atom is 0.275 e. The number of likely N-dealkylation sites (N-methyl/N-ethyl adjacent to an activating group) is 1. The number of ether oxygens (including phenoxy) is 1. The predicted molar refractivity (Wildman–Crippen MR) is 79.0 cm³/mol. The SMILES string of the molecule is COc1ccccc1CNC(=O)C[NH+](C)Cc1ccco1. The monoisotopic (exact) mass is 289 g/mol. The standard InChI is InChI=1S/C16H20N2O3/c1-18(11-14-7-5-9-21-14)12-16(19)17-10-13-6-3-4-8-15(13)20-2/h3-9H,10-12H2,1-2H3,(H,17,19)/p+1. The summed E-state index contributed by atoms with van der Waals surface area (Å²) in [5.41, 5.74) is 0.969. The molecule has 0 bridgehead atoms. The molecule has 2 N–H and O–H groups in total. The van der Waals surface area contributed by atoms with Gasteiger partial charge in [0.1, 0.15) is 12.3 Å². The number of benzene rings is 1. The summed E-state index contributed by atoms with van der Waals surface area (Å²) in [6.07, 6.45) is 1.64. The molecule has 5 nitrogen and oxygen atoms in total. The van der Waals surface area contributed by atoms with Gasteiger partial charge in [-0.05, 0) is 18.2 Å². The number of quaternary nitrogens is 1. The minimum atomic E-state index is 0.00459. The number of amides is 1. The fourth-order valence-corrected chi connectivity index (χ4v) is 2.15. The molecule has 2 rings (SSSR count). The molecule has 1 atom stereocenters. The van der Waals surface area contributed by atoms with Gasteiger partial charge in [-0.2, -0.15) is 0 Å². The number of methoxy groups -OCH3 is 1. The largest absolute Gasteiger partial charge is 0.496 e. The molecule has 1 aromatic heterocycles. The Morgan fingerprint density at radius 2 is 2.10 bits per heavy atom. The fraction of sp³-hybridized carbons (Fsp3) is 0.312. The van der Waals surface area contributed by atoms with E-state index in [0.717, 1.165) is 22.0 Å². The van der Waals surface area contributed by atoms with Crippen molar-refractivity contribution in [2.75, 3.05) is 20.7 Å². The van der Waals surface area contributed by atoms with Crippen LogP contribution in [0.2, 0.25) is 0 Å². The minimum absolute atomic E-state index is 0.00459. The third-order valence-electron chi connectivity index (χ3n) is 3.19. The van der Waals surface area contributed by atoms with Gasteiger partial charge < -0.3 is 19.4 Å². The molecule has 1 amide bonds. The first-order valence-electron chi connectivity index (χ1n) is 6.91. The van der Waals surface area contributed by atoms with E-state index in [2.05, 4.69) is 5.32 Å². The first-order chi connectivity index (χ1) is 10.2. The average molecular weight is 289 g/mol. The molecule has 0 aliphatic carbocycles. The number of rotatable bonds is 7. The molecular weight excluding hydrogens is 268 g/mol. The Bertz CT molecular complexity index is 567. The molecule has 0 aliphatic heterocycles. The third-order valence-corrected chi connectivity index (χ3v) is 3.19. The van der Waals surface area contributed by atoms with Gasteiger partial charge in [0.25, 0.3) is 5.91 Å². The molecule has 0 spiro atoms. The molecule has 112 valence electrons. The number of hydrogen-bond donors (Lipinski definition) is 2. The molecule has 1 unspecified atom stereocenters. The van der Waals surface area contributed by atoms with Crippen LogP contribution in [0.5, 0.6) is 5.75 Å². The lowest BCUT2D eigenvalue weighted by atomic mass is 10.2. The van der Waals surface area contributed by atoms with Gasteiger partial charge in [-0.3, -0.25) is 4.79 Å². The van der Waals surface area contributed by atoms with E-state index in [4.69, 9.17) is 9.15 Å². The zero-order valence-corrected chi connectivity index (χ0v) is 12.4. The molecule has 1 aromatic carbocycles. The number of carbonyl (C=O) groups is 1. The Hall–Kier alpha value is -2.27. The number of nitrogens with one attached hydrogen (secondary N) is 2. The van der Waals surface area contributed by atoms with Crippen LogP contribution in [0.4, 0.5) is 0 Å². The quantitative estimate of drug-likeness (QED) is 0.785. The highest BCUT2D eigenvalue weighted by Crippen LogP contribution is 2.16. The Kier molecular flexibility index (Phi) is 5.40. The van der Waals surface area contributed by atoms with Crippen molar-refractivity contribution in [1.29, 1.82) is 0 Å². The van der Waals surface area contributed by atoms with E-state index in [9.17, 15) is 4.79 Å². The highest BCUT2D eigenvalue weighted by atomic mass is 16.5. The lowest BCUT2D eigenvalue weighted by Gasteiger charge is -2.13. The molecule has 0 saturated carbocycles. The van der Waals surface area contributed by atoms with Crippen LogP contribution in [0.15, 0.2) is 47.1 Å². The maximum absolute atomic E-state index is 12.0. The summed E-state index contributed by atoms with van der Waals surface area (Å²) in [6.45, 7) is 1.56. The highest BCUT2D eigenvalue weighted by molar-refractivity contribution is 5.76. The van der Waals surface area contributed by atoms with Crippen LogP contribution < -0.4 is 15.0 Å². The van der Waals surface area contributed by atoms with Crippen LogP contribution in [-0.2, 0) is 17.9 Å². The lowest BCUT2D eigenvalue weighted by Crippen LogP contribution is -3.08. The molecule has 0 radical (unpaired) electrons. The van der Waals surface area contributed by atoms with Crippen LogP contribution in [0, 0.1) is 0 Å². The van der Waals surface area contributed by atoms with Gasteiger partial charge in [-0.1, -0.05) is 18.2 Å². The second-order valence-electron chi connectivity index (χ2n) is 4.98. The van der Waals surface area contributed by atoms with Gasteiger partial charge in [0.2, 0.25) is 0 Å². The molecule has 2 aromatic rings. The Balaban J connectivity index is 1.79. The number of hydrogen-bond acceptors (Lipinski definition) is 3. The van der Waals surface area contributed by atoms with Gasteiger partial charge in [-0.25, -0.2) is 0 Å². The molecule has 1 heterocycles. The van der Waals surface area contributed by atoms with Crippen molar-refractivity contribution in [3.05, 3.63) is 54.0 Å². The fourth-order valence-electron chi connectivity index (χ4n) is 2.15. The summed E-state index contributed by atoms with van der Waals surface area (Å²) >= 11 is 0. The summed E-state index contributed by atoms with van der Waals surface area (Å²) in [4.78, 5) is 13.0. The molecular formula is C16H21N2O3+. The number of furan rings is 1. The van der Waals surface area contributed by atoms with Crippen molar-refractivity contribution in [1.82, 2.24) is 5.32 Å². The maximum atomic E-state index is 12.0. The number of para-hydroxylation sites is 1. The zero-order chi connectivity index (χ0) is 15.1. The van der Waals surface area contributed by atoms with Crippen molar-refractivity contribution in [2.45, 2.75) is 13.1 Å². The van der Waals surface area contributed by atoms with Gasteiger partial charge in [-0.15, -0.1) is 0 Å². The first-order valence-corrected chi connectivity index (χ1v) is 6.91. The second kappa shape index (κ2) is 7.50. The summed E-state index contributed by atoms with van der Waals surface area (Å²) in [7, 11) is 3.59. The molecule has 5 heteroatoms. The van der Waals surface area contributed by atoms with E-state index in [-0.39, 0.29) is 5.91 Å². The summed E-state index contributed by atoms with van der Waals surface area (Å²) in [5, 5.41) is 2.91. The molecule has 0 saturated heterocycles. The Labute approximate surface area is 124 Å². The van der Waals surface area contributed by atoms with E-state index in [1.165, 1.54) is 0 Å². The summed E-state index contributed by atoms with van der Waals surface area (Å²) in [6, 6.07) is 11.4. The molecule has 0 aliphatic rings. The smallest absolute Gasteiger partial charge is 0.275 e. The summed E-state index contributed by atoms with van der Waals surface area (Å²) < 4.78 is 10.5. The van der Waals surface area contributed by atoms with Crippen molar-refractivity contribution in [3.63, 3.8) is 0 Å². The predicted octanol–water partition coefficient (Wildman–Crippen LogP) is 0.619.